The van der Waals surface area contributed by atoms with E-state index in [1.165, 1.54) is 32.1 Å². The molecule has 1 aromatic carbocycles. The van der Waals surface area contributed by atoms with E-state index in [4.69, 9.17) is 0 Å². The molecule has 2 aliphatic rings. The first-order chi connectivity index (χ1) is 9.28. The van der Waals surface area contributed by atoms with E-state index >= 15 is 0 Å². The highest BCUT2D eigenvalue weighted by atomic mass is 19.1. The molecule has 2 heterocycles. The molecule has 2 saturated heterocycles. The molecule has 0 radical (unpaired) electrons. The molecular weight excluding hydrogens is 239 g/mol. The van der Waals surface area contributed by atoms with Crippen molar-refractivity contribution in [1.29, 1.82) is 0 Å². The van der Waals surface area contributed by atoms with Crippen molar-refractivity contribution in [2.75, 3.05) is 7.05 Å². The van der Waals surface area contributed by atoms with E-state index in [9.17, 15) is 4.39 Å². The zero-order valence-electron chi connectivity index (χ0n) is 11.6. The van der Waals surface area contributed by atoms with Crippen LogP contribution in [0.5, 0.6) is 0 Å². The van der Waals surface area contributed by atoms with Gasteiger partial charge >= 0.3 is 0 Å². The molecule has 0 amide bonds. The summed E-state index contributed by atoms with van der Waals surface area (Å²) in [5.74, 6) is -0.0590. The zero-order valence-corrected chi connectivity index (χ0v) is 11.6. The monoisotopic (exact) mass is 262 g/mol. The fourth-order valence-corrected chi connectivity index (χ4v) is 3.80. The lowest BCUT2D eigenvalue weighted by Crippen LogP contribution is -2.55. The van der Waals surface area contributed by atoms with E-state index in [1.54, 1.807) is 12.1 Å². The number of hydrogen-bond donors (Lipinski definition) is 1. The second-order valence-electron chi connectivity index (χ2n) is 5.96. The van der Waals surface area contributed by atoms with Crippen molar-refractivity contribution in [2.24, 2.45) is 0 Å². The van der Waals surface area contributed by atoms with Gasteiger partial charge < -0.3 is 5.32 Å². The molecule has 3 rings (SSSR count). The summed E-state index contributed by atoms with van der Waals surface area (Å²) in [6.07, 6.45) is 6.29. The molecule has 3 heteroatoms. The third-order valence-electron chi connectivity index (χ3n) is 4.84. The smallest absolute Gasteiger partial charge is 0.127 e. The normalized spacial score (nSPS) is 31.4. The minimum absolute atomic E-state index is 0.0590. The fraction of sp³-hybridized carbons (Fsp3) is 0.625. The highest BCUT2D eigenvalue weighted by molar-refractivity contribution is 5.18. The first-order valence-electron chi connectivity index (χ1n) is 7.44. The maximum Gasteiger partial charge on any atom is 0.127 e. The maximum atomic E-state index is 13.8. The lowest BCUT2D eigenvalue weighted by atomic mass is 9.81. The lowest BCUT2D eigenvalue weighted by Gasteiger charge is -2.49. The number of halogens is 1. The Bertz CT molecular complexity index is 421. The third kappa shape index (κ3) is 2.67. The van der Waals surface area contributed by atoms with E-state index < -0.39 is 0 Å². The van der Waals surface area contributed by atoms with Crippen molar-refractivity contribution in [1.82, 2.24) is 10.2 Å². The van der Waals surface area contributed by atoms with Gasteiger partial charge in [0.1, 0.15) is 5.82 Å². The van der Waals surface area contributed by atoms with Crippen LogP contribution in [-0.2, 0) is 6.54 Å². The van der Waals surface area contributed by atoms with Crippen molar-refractivity contribution in [3.8, 4) is 0 Å². The molecule has 2 unspecified atom stereocenters. The van der Waals surface area contributed by atoms with Gasteiger partial charge in [0.2, 0.25) is 0 Å². The first-order valence-corrected chi connectivity index (χ1v) is 7.44. The summed E-state index contributed by atoms with van der Waals surface area (Å²) in [4.78, 5) is 2.55. The predicted molar refractivity (Wildman–Crippen MR) is 75.5 cm³/mol. The highest BCUT2D eigenvalue weighted by Gasteiger charge is 2.37. The predicted octanol–water partition coefficient (Wildman–Crippen LogP) is 2.93. The molecule has 0 saturated carbocycles. The first kappa shape index (κ1) is 13.1. The summed E-state index contributed by atoms with van der Waals surface area (Å²) >= 11 is 0. The summed E-state index contributed by atoms with van der Waals surface area (Å²) in [5, 5.41) is 3.43. The number of nitrogens with one attached hydrogen (secondary N) is 1. The number of nitrogens with zero attached hydrogens (tertiary/aromatic N) is 1. The van der Waals surface area contributed by atoms with Crippen LogP contribution in [0.1, 0.15) is 37.7 Å². The molecular formula is C16H23FN2. The maximum absolute atomic E-state index is 13.8. The summed E-state index contributed by atoms with van der Waals surface area (Å²) in [6.45, 7) is 0.776. The number of hydrogen-bond acceptors (Lipinski definition) is 2. The molecule has 104 valence electrons. The average molecular weight is 262 g/mol. The van der Waals surface area contributed by atoms with Crippen LogP contribution in [-0.4, -0.2) is 30.1 Å². The van der Waals surface area contributed by atoms with Gasteiger partial charge in [-0.15, -0.1) is 0 Å². The molecule has 2 atom stereocenters. The second-order valence-corrected chi connectivity index (χ2v) is 5.96. The molecule has 19 heavy (non-hydrogen) atoms. The molecule has 2 nitrogen and oxygen atoms in total. The van der Waals surface area contributed by atoms with E-state index in [0.29, 0.717) is 18.1 Å². The van der Waals surface area contributed by atoms with Crippen LogP contribution in [0, 0.1) is 5.82 Å². The van der Waals surface area contributed by atoms with Crippen molar-refractivity contribution >= 4 is 0 Å². The van der Waals surface area contributed by atoms with Gasteiger partial charge in [0, 0.05) is 30.2 Å². The van der Waals surface area contributed by atoms with Gasteiger partial charge in [-0.2, -0.15) is 0 Å². The van der Waals surface area contributed by atoms with E-state index in [2.05, 4.69) is 17.3 Å². The van der Waals surface area contributed by atoms with Crippen molar-refractivity contribution in [3.63, 3.8) is 0 Å². The third-order valence-corrected chi connectivity index (χ3v) is 4.84. The van der Waals surface area contributed by atoms with Gasteiger partial charge in [0.25, 0.3) is 0 Å². The van der Waals surface area contributed by atoms with Crippen molar-refractivity contribution < 1.29 is 4.39 Å². The molecule has 2 aliphatic heterocycles. The Morgan fingerprint density at radius 3 is 2.53 bits per heavy atom. The zero-order chi connectivity index (χ0) is 13.2. The van der Waals surface area contributed by atoms with Crippen molar-refractivity contribution in [3.05, 3.63) is 35.6 Å². The van der Waals surface area contributed by atoms with Gasteiger partial charge in [-0.05, 0) is 38.8 Å². The Balaban J connectivity index is 1.76. The molecule has 2 bridgehead atoms. The van der Waals surface area contributed by atoms with E-state index in [0.717, 1.165) is 12.1 Å². The summed E-state index contributed by atoms with van der Waals surface area (Å²) in [6, 6.07) is 9.11. The molecule has 0 spiro atoms. The largest absolute Gasteiger partial charge is 0.317 e. The summed E-state index contributed by atoms with van der Waals surface area (Å²) < 4.78 is 13.8. The van der Waals surface area contributed by atoms with Gasteiger partial charge in [0.15, 0.2) is 0 Å². The molecule has 0 aromatic heterocycles. The van der Waals surface area contributed by atoms with Crippen LogP contribution in [0.25, 0.3) is 0 Å². The minimum atomic E-state index is -0.0590. The minimum Gasteiger partial charge on any atom is -0.317 e. The van der Waals surface area contributed by atoms with Gasteiger partial charge in [-0.25, -0.2) is 4.39 Å². The van der Waals surface area contributed by atoms with Gasteiger partial charge in [0.05, 0.1) is 0 Å². The standard InChI is InChI=1S/C16H23FN2/c1-18-13-9-14-6-4-7-15(10-13)19(14)11-12-5-2-3-8-16(12)17/h2-3,5,8,13-15,18H,4,6-7,9-11H2,1H3. The fourth-order valence-electron chi connectivity index (χ4n) is 3.80. The van der Waals surface area contributed by atoms with Crippen LogP contribution in [0.4, 0.5) is 4.39 Å². The quantitative estimate of drug-likeness (QED) is 0.901. The Morgan fingerprint density at radius 1 is 1.21 bits per heavy atom. The second kappa shape index (κ2) is 5.59. The number of rotatable bonds is 3. The molecule has 0 aliphatic carbocycles. The molecule has 1 N–H and O–H groups in total. The van der Waals surface area contributed by atoms with Crippen LogP contribution in [0.3, 0.4) is 0 Å². The Morgan fingerprint density at radius 2 is 1.89 bits per heavy atom. The number of fused-ring (bicyclic) bond motifs is 2. The number of benzene rings is 1. The van der Waals surface area contributed by atoms with E-state index in [-0.39, 0.29) is 5.82 Å². The lowest BCUT2D eigenvalue weighted by molar-refractivity contribution is 0.0183. The Labute approximate surface area is 115 Å². The molecule has 1 aromatic rings. The van der Waals surface area contributed by atoms with Crippen LogP contribution >= 0.6 is 0 Å². The van der Waals surface area contributed by atoms with E-state index in [1.807, 2.05) is 12.1 Å². The number of piperidine rings is 2. The van der Waals surface area contributed by atoms with Gasteiger partial charge in [-0.1, -0.05) is 24.6 Å². The van der Waals surface area contributed by atoms with Crippen LogP contribution in [0.15, 0.2) is 24.3 Å². The summed E-state index contributed by atoms with van der Waals surface area (Å²) in [7, 11) is 2.06. The van der Waals surface area contributed by atoms with Crippen molar-refractivity contribution in [2.45, 2.75) is 56.8 Å². The van der Waals surface area contributed by atoms with Crippen LogP contribution in [0.2, 0.25) is 0 Å². The summed E-state index contributed by atoms with van der Waals surface area (Å²) in [5.41, 5.74) is 0.849. The Kier molecular flexibility index (Phi) is 3.85. The molecule has 2 fully saturated rings. The Hall–Kier alpha value is -0.930. The SMILES string of the molecule is CNC1CC2CCCC(C1)N2Cc1ccccc1F. The topological polar surface area (TPSA) is 15.3 Å². The highest BCUT2D eigenvalue weighted by Crippen LogP contribution is 2.35. The average Bonchev–Trinajstić information content (AvgIpc) is 2.41. The van der Waals surface area contributed by atoms with Gasteiger partial charge in [-0.3, -0.25) is 4.90 Å². The van der Waals surface area contributed by atoms with Crippen LogP contribution < -0.4 is 5.32 Å².